The second kappa shape index (κ2) is 7.25. The highest BCUT2D eigenvalue weighted by Crippen LogP contribution is 2.22. The minimum atomic E-state index is -0.573. The van der Waals surface area contributed by atoms with Crippen LogP contribution >= 0.6 is 11.6 Å². The Kier molecular flexibility index (Phi) is 5.03. The summed E-state index contributed by atoms with van der Waals surface area (Å²) in [7, 11) is 0. The molecule has 0 saturated carbocycles. The molecule has 0 fully saturated rings. The van der Waals surface area contributed by atoms with Crippen LogP contribution in [0.1, 0.15) is 29.9 Å². The molecule has 1 N–H and O–H groups in total. The monoisotopic (exact) mass is 376 g/mol. The van der Waals surface area contributed by atoms with E-state index in [0.717, 1.165) is 11.3 Å². The smallest absolute Gasteiger partial charge is 0.251 e. The molecule has 0 radical (unpaired) electrons. The number of nitrogens with zero attached hydrogens (tertiary/aromatic N) is 5. The normalized spacial score (nSPS) is 12.2. The van der Waals surface area contributed by atoms with E-state index in [9.17, 15) is 9.18 Å². The molecule has 7 nitrogen and oxygen atoms in total. The van der Waals surface area contributed by atoms with Crippen LogP contribution in [0.2, 0.25) is 5.02 Å². The molecule has 2 aromatic heterocycles. The third kappa shape index (κ3) is 3.75. The average Bonchev–Trinajstić information content (AvgIpc) is 3.13. The lowest BCUT2D eigenvalue weighted by atomic mass is 10.2. The molecular formula is C17H18ClFN6O. The maximum absolute atomic E-state index is 13.2. The molecule has 1 aromatic carbocycles. The largest absolute Gasteiger partial charge is 0.291 e. The predicted octanol–water partition coefficient (Wildman–Crippen LogP) is 3.13. The lowest BCUT2D eigenvalue weighted by Gasteiger charge is -2.12. The Morgan fingerprint density at radius 1 is 1.35 bits per heavy atom. The van der Waals surface area contributed by atoms with Gasteiger partial charge in [0, 0.05) is 0 Å². The van der Waals surface area contributed by atoms with Gasteiger partial charge < -0.3 is 0 Å². The van der Waals surface area contributed by atoms with Crippen molar-refractivity contribution in [3.8, 4) is 0 Å². The first-order valence-corrected chi connectivity index (χ1v) is 8.39. The van der Waals surface area contributed by atoms with Crippen molar-refractivity contribution in [3.63, 3.8) is 0 Å². The Hall–Kier alpha value is -2.74. The van der Waals surface area contributed by atoms with Crippen LogP contribution in [0, 0.1) is 19.7 Å². The number of rotatable bonds is 5. The highest BCUT2D eigenvalue weighted by atomic mass is 35.5. The first-order valence-electron chi connectivity index (χ1n) is 8.01. The molecule has 0 aliphatic rings. The van der Waals surface area contributed by atoms with Crippen LogP contribution in [0.3, 0.4) is 0 Å². The highest BCUT2D eigenvalue weighted by Gasteiger charge is 2.21. The van der Waals surface area contributed by atoms with Gasteiger partial charge in [-0.15, -0.1) is 5.10 Å². The minimum absolute atomic E-state index is 0.172. The van der Waals surface area contributed by atoms with Crippen molar-refractivity contribution >= 4 is 23.5 Å². The van der Waals surface area contributed by atoms with E-state index >= 15 is 0 Å². The zero-order valence-electron chi connectivity index (χ0n) is 14.6. The van der Waals surface area contributed by atoms with Gasteiger partial charge in [0.05, 0.1) is 23.0 Å². The van der Waals surface area contributed by atoms with Crippen molar-refractivity contribution < 1.29 is 9.18 Å². The van der Waals surface area contributed by atoms with Crippen LogP contribution in [-0.2, 0) is 11.3 Å². The molecule has 2 heterocycles. The Labute approximate surface area is 154 Å². The molecule has 26 heavy (non-hydrogen) atoms. The Morgan fingerprint density at radius 3 is 2.77 bits per heavy atom. The number of amides is 1. The molecular weight excluding hydrogens is 359 g/mol. The Bertz CT molecular complexity index is 951. The molecule has 0 bridgehead atoms. The molecule has 3 rings (SSSR count). The summed E-state index contributed by atoms with van der Waals surface area (Å²) in [6.45, 7) is 5.66. The maximum Gasteiger partial charge on any atom is 0.251 e. The van der Waals surface area contributed by atoms with Crippen molar-refractivity contribution in [2.45, 2.75) is 33.4 Å². The third-order valence-electron chi connectivity index (χ3n) is 3.99. The second-order valence-electron chi connectivity index (χ2n) is 5.99. The summed E-state index contributed by atoms with van der Waals surface area (Å²) >= 11 is 6.13. The molecule has 136 valence electrons. The number of benzene rings is 1. The van der Waals surface area contributed by atoms with E-state index in [1.165, 1.54) is 23.1 Å². The van der Waals surface area contributed by atoms with E-state index in [-0.39, 0.29) is 17.7 Å². The molecule has 9 heteroatoms. The Morgan fingerprint density at radius 2 is 2.12 bits per heavy atom. The SMILES string of the molecule is Cc1nn(C(C)C(=O)Nc2ncn(Cc3cccc(F)c3)n2)c(C)c1Cl. The van der Waals surface area contributed by atoms with Gasteiger partial charge in [-0.1, -0.05) is 23.7 Å². The van der Waals surface area contributed by atoms with Crippen molar-refractivity contribution in [1.82, 2.24) is 24.5 Å². The summed E-state index contributed by atoms with van der Waals surface area (Å²) < 4.78 is 16.3. The number of hydrogen-bond acceptors (Lipinski definition) is 4. The summed E-state index contributed by atoms with van der Waals surface area (Å²) in [6, 6.07) is 5.65. The number of carbonyl (C=O) groups is 1. The van der Waals surface area contributed by atoms with E-state index in [2.05, 4.69) is 20.5 Å². The standard InChI is InChI=1S/C17H18ClFN6O/c1-10-15(18)11(2)25(22-10)12(3)16(26)21-17-20-9-24(23-17)8-13-5-4-6-14(19)7-13/h4-7,9,12H,8H2,1-3H3,(H,21,23,26). The molecule has 0 aliphatic heterocycles. The van der Waals surface area contributed by atoms with E-state index in [0.29, 0.717) is 17.3 Å². The predicted molar refractivity (Wildman–Crippen MR) is 95.6 cm³/mol. The van der Waals surface area contributed by atoms with Crippen molar-refractivity contribution in [2.75, 3.05) is 5.32 Å². The van der Waals surface area contributed by atoms with Gasteiger partial charge in [0.25, 0.3) is 5.91 Å². The van der Waals surface area contributed by atoms with Crippen LogP contribution in [0.15, 0.2) is 30.6 Å². The van der Waals surface area contributed by atoms with Crippen LogP contribution in [-0.4, -0.2) is 30.5 Å². The summed E-state index contributed by atoms with van der Waals surface area (Å²) in [4.78, 5) is 16.5. The number of hydrogen-bond donors (Lipinski definition) is 1. The highest BCUT2D eigenvalue weighted by molar-refractivity contribution is 6.31. The van der Waals surface area contributed by atoms with Gasteiger partial charge in [-0.05, 0) is 38.5 Å². The molecule has 0 aliphatic carbocycles. The second-order valence-corrected chi connectivity index (χ2v) is 6.37. The summed E-state index contributed by atoms with van der Waals surface area (Å²) in [6.07, 6.45) is 1.48. The van der Waals surface area contributed by atoms with Gasteiger partial charge in [0.1, 0.15) is 18.2 Å². The maximum atomic E-state index is 13.2. The van der Waals surface area contributed by atoms with E-state index in [4.69, 9.17) is 11.6 Å². The quantitative estimate of drug-likeness (QED) is 0.742. The lowest BCUT2D eigenvalue weighted by Crippen LogP contribution is -2.25. The summed E-state index contributed by atoms with van der Waals surface area (Å²) in [5.41, 5.74) is 2.14. The van der Waals surface area contributed by atoms with Gasteiger partial charge >= 0.3 is 0 Å². The zero-order valence-corrected chi connectivity index (χ0v) is 15.3. The van der Waals surface area contributed by atoms with Crippen LogP contribution in [0.4, 0.5) is 10.3 Å². The number of anilines is 1. The molecule has 3 aromatic rings. The van der Waals surface area contributed by atoms with E-state index < -0.39 is 6.04 Å². The van der Waals surface area contributed by atoms with E-state index in [1.807, 2.05) is 0 Å². The summed E-state index contributed by atoms with van der Waals surface area (Å²) in [5.74, 6) is -0.449. The van der Waals surface area contributed by atoms with Crippen LogP contribution in [0.5, 0.6) is 0 Å². The Balaban J connectivity index is 1.68. The molecule has 1 amide bonds. The fourth-order valence-electron chi connectivity index (χ4n) is 2.60. The third-order valence-corrected chi connectivity index (χ3v) is 4.54. The minimum Gasteiger partial charge on any atom is -0.291 e. The number of halogens is 2. The molecule has 1 atom stereocenters. The first-order chi connectivity index (χ1) is 12.3. The fraction of sp³-hybridized carbons (Fsp3) is 0.294. The zero-order chi connectivity index (χ0) is 18.8. The van der Waals surface area contributed by atoms with Crippen LogP contribution < -0.4 is 5.32 Å². The van der Waals surface area contributed by atoms with Crippen molar-refractivity contribution in [1.29, 1.82) is 0 Å². The summed E-state index contributed by atoms with van der Waals surface area (Å²) in [5, 5.41) is 11.7. The lowest BCUT2D eigenvalue weighted by molar-refractivity contribution is -0.119. The molecule has 1 unspecified atom stereocenters. The number of carbonyl (C=O) groups excluding carboxylic acids is 1. The van der Waals surface area contributed by atoms with Gasteiger partial charge in [-0.3, -0.25) is 14.8 Å². The molecule has 0 saturated heterocycles. The average molecular weight is 377 g/mol. The van der Waals surface area contributed by atoms with Gasteiger partial charge in [0.15, 0.2) is 0 Å². The van der Waals surface area contributed by atoms with Crippen LogP contribution in [0.25, 0.3) is 0 Å². The fourth-order valence-corrected chi connectivity index (χ4v) is 2.72. The number of nitrogens with one attached hydrogen (secondary N) is 1. The van der Waals surface area contributed by atoms with Crippen molar-refractivity contribution in [2.24, 2.45) is 0 Å². The van der Waals surface area contributed by atoms with E-state index in [1.54, 1.807) is 37.6 Å². The van der Waals surface area contributed by atoms with Gasteiger partial charge in [-0.25, -0.2) is 14.1 Å². The topological polar surface area (TPSA) is 77.6 Å². The van der Waals surface area contributed by atoms with Gasteiger partial charge in [-0.2, -0.15) is 5.10 Å². The van der Waals surface area contributed by atoms with Crippen molar-refractivity contribution in [3.05, 3.63) is 58.4 Å². The molecule has 0 spiro atoms. The number of aryl methyl sites for hydroxylation is 1. The van der Waals surface area contributed by atoms with Gasteiger partial charge in [0.2, 0.25) is 5.95 Å². The number of aromatic nitrogens is 5. The first kappa shape index (κ1) is 18.1.